The van der Waals surface area contributed by atoms with Gasteiger partial charge in [-0.25, -0.2) is 0 Å². The SMILES string of the molecule is CCCC1(N)CN(C(C)C(=O)NC(C)(C)CC)C1. The van der Waals surface area contributed by atoms with Gasteiger partial charge in [-0.2, -0.15) is 0 Å². The number of carbonyl (C=O) groups is 1. The van der Waals surface area contributed by atoms with Gasteiger partial charge in [-0.3, -0.25) is 9.69 Å². The Labute approximate surface area is 111 Å². The molecule has 0 spiro atoms. The van der Waals surface area contributed by atoms with E-state index in [0.29, 0.717) is 0 Å². The lowest BCUT2D eigenvalue weighted by Crippen LogP contribution is -2.71. The fourth-order valence-corrected chi connectivity index (χ4v) is 2.38. The van der Waals surface area contributed by atoms with E-state index in [4.69, 9.17) is 5.73 Å². The molecular formula is C14H29N3O. The smallest absolute Gasteiger partial charge is 0.237 e. The molecule has 1 amide bonds. The number of hydrogen-bond donors (Lipinski definition) is 2. The van der Waals surface area contributed by atoms with Crippen LogP contribution in [0.3, 0.4) is 0 Å². The van der Waals surface area contributed by atoms with Crippen molar-refractivity contribution in [3.63, 3.8) is 0 Å². The first kappa shape index (κ1) is 15.4. The minimum absolute atomic E-state index is 0.0659. The van der Waals surface area contributed by atoms with Crippen LogP contribution in [-0.4, -0.2) is 41.0 Å². The summed E-state index contributed by atoms with van der Waals surface area (Å²) in [6.45, 7) is 12.0. The highest BCUT2D eigenvalue weighted by atomic mass is 16.2. The predicted molar refractivity (Wildman–Crippen MR) is 75.4 cm³/mol. The van der Waals surface area contributed by atoms with Crippen molar-refractivity contribution in [1.82, 2.24) is 10.2 Å². The van der Waals surface area contributed by atoms with E-state index in [2.05, 4.69) is 37.9 Å². The van der Waals surface area contributed by atoms with E-state index in [1.54, 1.807) is 0 Å². The number of likely N-dealkylation sites (tertiary alicyclic amines) is 1. The van der Waals surface area contributed by atoms with Crippen molar-refractivity contribution in [3.8, 4) is 0 Å². The molecule has 0 aromatic rings. The molecule has 1 unspecified atom stereocenters. The van der Waals surface area contributed by atoms with Crippen LogP contribution in [0.4, 0.5) is 0 Å². The van der Waals surface area contributed by atoms with Crippen LogP contribution in [0.15, 0.2) is 0 Å². The Kier molecular flexibility index (Phi) is 4.78. The maximum atomic E-state index is 12.1. The number of nitrogens with two attached hydrogens (primary N) is 1. The summed E-state index contributed by atoms with van der Waals surface area (Å²) in [6.07, 6.45) is 3.08. The molecule has 1 aliphatic rings. The average Bonchev–Trinajstić information content (AvgIpc) is 2.24. The number of amides is 1. The zero-order chi connectivity index (χ0) is 14.0. The topological polar surface area (TPSA) is 58.4 Å². The van der Waals surface area contributed by atoms with Gasteiger partial charge in [-0.1, -0.05) is 20.3 Å². The molecule has 1 saturated heterocycles. The van der Waals surface area contributed by atoms with E-state index >= 15 is 0 Å². The monoisotopic (exact) mass is 255 g/mol. The number of hydrogen-bond acceptors (Lipinski definition) is 3. The Balaban J connectivity index is 2.43. The van der Waals surface area contributed by atoms with Gasteiger partial charge in [-0.15, -0.1) is 0 Å². The van der Waals surface area contributed by atoms with Crippen molar-refractivity contribution in [2.45, 2.75) is 71.0 Å². The molecule has 0 aliphatic carbocycles. The van der Waals surface area contributed by atoms with Crippen molar-refractivity contribution in [1.29, 1.82) is 0 Å². The van der Waals surface area contributed by atoms with Crippen molar-refractivity contribution in [2.24, 2.45) is 5.73 Å². The molecule has 1 heterocycles. The summed E-state index contributed by atoms with van der Waals surface area (Å²) in [6, 6.07) is -0.0793. The van der Waals surface area contributed by atoms with E-state index in [1.807, 2.05) is 6.92 Å². The molecular weight excluding hydrogens is 226 g/mol. The zero-order valence-electron chi connectivity index (χ0n) is 12.5. The first-order valence-corrected chi connectivity index (χ1v) is 7.08. The van der Waals surface area contributed by atoms with Crippen LogP contribution < -0.4 is 11.1 Å². The molecule has 1 rings (SSSR count). The van der Waals surface area contributed by atoms with Crippen molar-refractivity contribution in [2.75, 3.05) is 13.1 Å². The normalized spacial score (nSPS) is 21.2. The van der Waals surface area contributed by atoms with Gasteiger partial charge in [0.2, 0.25) is 5.91 Å². The maximum absolute atomic E-state index is 12.1. The third-order valence-corrected chi connectivity index (χ3v) is 4.06. The second kappa shape index (κ2) is 5.57. The quantitative estimate of drug-likeness (QED) is 0.756. The fourth-order valence-electron chi connectivity index (χ4n) is 2.38. The van der Waals surface area contributed by atoms with Crippen LogP contribution in [-0.2, 0) is 4.79 Å². The van der Waals surface area contributed by atoms with Gasteiger partial charge in [0.15, 0.2) is 0 Å². The summed E-state index contributed by atoms with van der Waals surface area (Å²) in [7, 11) is 0. The minimum atomic E-state index is -0.126. The van der Waals surface area contributed by atoms with E-state index in [0.717, 1.165) is 32.4 Å². The Hall–Kier alpha value is -0.610. The first-order valence-electron chi connectivity index (χ1n) is 7.08. The van der Waals surface area contributed by atoms with Gasteiger partial charge in [-0.05, 0) is 33.6 Å². The summed E-state index contributed by atoms with van der Waals surface area (Å²) >= 11 is 0. The highest BCUT2D eigenvalue weighted by molar-refractivity contribution is 5.82. The van der Waals surface area contributed by atoms with Gasteiger partial charge in [0, 0.05) is 24.2 Å². The standard InChI is InChI=1S/C14H29N3O/c1-6-8-14(15)9-17(10-14)11(3)12(18)16-13(4,5)7-2/h11H,6-10,15H2,1-5H3,(H,16,18). The van der Waals surface area contributed by atoms with Crippen molar-refractivity contribution >= 4 is 5.91 Å². The molecule has 3 N–H and O–H groups in total. The highest BCUT2D eigenvalue weighted by Gasteiger charge is 2.42. The summed E-state index contributed by atoms with van der Waals surface area (Å²) in [5.41, 5.74) is 6.03. The van der Waals surface area contributed by atoms with Gasteiger partial charge in [0.05, 0.1) is 6.04 Å². The van der Waals surface area contributed by atoms with Crippen molar-refractivity contribution in [3.05, 3.63) is 0 Å². The molecule has 0 saturated carbocycles. The number of rotatable bonds is 6. The van der Waals surface area contributed by atoms with Crippen molar-refractivity contribution < 1.29 is 4.79 Å². The maximum Gasteiger partial charge on any atom is 0.237 e. The third kappa shape index (κ3) is 3.69. The van der Waals surface area contributed by atoms with Gasteiger partial charge in [0.1, 0.15) is 0 Å². The van der Waals surface area contributed by atoms with Crippen LogP contribution in [0.1, 0.15) is 53.9 Å². The highest BCUT2D eigenvalue weighted by Crippen LogP contribution is 2.25. The van der Waals surface area contributed by atoms with Gasteiger partial charge >= 0.3 is 0 Å². The van der Waals surface area contributed by atoms with Gasteiger partial charge in [0.25, 0.3) is 0 Å². The van der Waals surface area contributed by atoms with Crippen LogP contribution in [0, 0.1) is 0 Å². The molecule has 18 heavy (non-hydrogen) atoms. The molecule has 1 aliphatic heterocycles. The van der Waals surface area contributed by atoms with Crippen LogP contribution in [0.5, 0.6) is 0 Å². The molecule has 0 bridgehead atoms. The lowest BCUT2D eigenvalue weighted by molar-refractivity contribution is -0.130. The largest absolute Gasteiger partial charge is 0.350 e. The molecule has 4 heteroatoms. The molecule has 4 nitrogen and oxygen atoms in total. The minimum Gasteiger partial charge on any atom is -0.350 e. The summed E-state index contributed by atoms with van der Waals surface area (Å²) in [5, 5.41) is 3.09. The Morgan fingerprint density at radius 3 is 2.44 bits per heavy atom. The summed E-state index contributed by atoms with van der Waals surface area (Å²) in [4.78, 5) is 14.3. The Morgan fingerprint density at radius 2 is 2.00 bits per heavy atom. The van der Waals surface area contributed by atoms with Crippen LogP contribution in [0.2, 0.25) is 0 Å². The number of carbonyl (C=O) groups excluding carboxylic acids is 1. The summed E-state index contributed by atoms with van der Waals surface area (Å²) < 4.78 is 0. The zero-order valence-corrected chi connectivity index (χ0v) is 12.5. The lowest BCUT2D eigenvalue weighted by Gasteiger charge is -2.50. The van der Waals surface area contributed by atoms with Crippen LogP contribution in [0.25, 0.3) is 0 Å². The molecule has 0 aromatic carbocycles. The van der Waals surface area contributed by atoms with Gasteiger partial charge < -0.3 is 11.1 Å². The molecule has 0 radical (unpaired) electrons. The predicted octanol–water partition coefficient (Wildman–Crippen LogP) is 1.49. The summed E-state index contributed by atoms with van der Waals surface area (Å²) in [5.74, 6) is 0.111. The Bertz CT molecular complexity index is 295. The average molecular weight is 255 g/mol. The third-order valence-electron chi connectivity index (χ3n) is 4.06. The first-order chi connectivity index (χ1) is 8.23. The number of nitrogens with zero attached hydrogens (tertiary/aromatic N) is 1. The molecule has 0 aromatic heterocycles. The van der Waals surface area contributed by atoms with Crippen LogP contribution >= 0.6 is 0 Å². The Morgan fingerprint density at radius 1 is 1.44 bits per heavy atom. The molecule has 1 fully saturated rings. The lowest BCUT2D eigenvalue weighted by atomic mass is 9.85. The van der Waals surface area contributed by atoms with E-state index in [1.165, 1.54) is 0 Å². The fraction of sp³-hybridized carbons (Fsp3) is 0.929. The van der Waals surface area contributed by atoms with E-state index in [9.17, 15) is 4.79 Å². The second-order valence-electron chi connectivity index (χ2n) is 6.42. The molecule has 1 atom stereocenters. The molecule has 106 valence electrons. The number of nitrogens with one attached hydrogen (secondary N) is 1. The van der Waals surface area contributed by atoms with E-state index in [-0.39, 0.29) is 23.0 Å². The van der Waals surface area contributed by atoms with E-state index < -0.39 is 0 Å². The second-order valence-corrected chi connectivity index (χ2v) is 6.42.